The Morgan fingerprint density at radius 2 is 2.28 bits per heavy atom. The van der Waals surface area contributed by atoms with E-state index in [9.17, 15) is 4.39 Å². The van der Waals surface area contributed by atoms with E-state index in [2.05, 4.69) is 18.7 Å². The summed E-state index contributed by atoms with van der Waals surface area (Å²) in [6.07, 6.45) is -0.0619. The maximum atomic E-state index is 13.4. The molecular weight excluding hydrogens is 231 g/mol. The van der Waals surface area contributed by atoms with E-state index in [4.69, 9.17) is 10.5 Å². The third-order valence-electron chi connectivity index (χ3n) is 3.09. The minimum Gasteiger partial charge on any atom is -0.396 e. The van der Waals surface area contributed by atoms with Gasteiger partial charge in [-0.1, -0.05) is 19.9 Å². The van der Waals surface area contributed by atoms with Crippen molar-refractivity contribution < 1.29 is 9.13 Å². The van der Waals surface area contributed by atoms with Gasteiger partial charge in [-0.3, -0.25) is 4.90 Å². The molecule has 0 unspecified atom stereocenters. The topological polar surface area (TPSA) is 38.5 Å². The van der Waals surface area contributed by atoms with Crippen molar-refractivity contribution in [2.24, 2.45) is 0 Å². The van der Waals surface area contributed by atoms with Crippen molar-refractivity contribution in [3.8, 4) is 0 Å². The molecule has 1 aromatic carbocycles. The molecule has 0 saturated carbocycles. The summed E-state index contributed by atoms with van der Waals surface area (Å²) >= 11 is 0. The Bertz CT molecular complexity index is 409. The van der Waals surface area contributed by atoms with E-state index in [1.807, 2.05) is 6.07 Å². The van der Waals surface area contributed by atoms with Crippen LogP contribution < -0.4 is 5.73 Å². The molecule has 1 aromatic rings. The van der Waals surface area contributed by atoms with E-state index in [-0.39, 0.29) is 17.6 Å². The van der Waals surface area contributed by atoms with Gasteiger partial charge in [0.2, 0.25) is 0 Å². The lowest BCUT2D eigenvalue weighted by Gasteiger charge is -2.34. The summed E-state index contributed by atoms with van der Waals surface area (Å²) in [6, 6.07) is 4.92. The summed E-state index contributed by atoms with van der Waals surface area (Å²) in [4.78, 5) is 2.33. The van der Waals surface area contributed by atoms with Crippen molar-refractivity contribution in [3.05, 3.63) is 35.5 Å². The molecule has 0 aliphatic carbocycles. The molecule has 0 amide bonds. The fourth-order valence-electron chi connectivity index (χ4n) is 2.24. The molecule has 0 bridgehead atoms. The van der Waals surface area contributed by atoms with Crippen LogP contribution in [0.4, 0.5) is 10.1 Å². The Morgan fingerprint density at radius 3 is 2.94 bits per heavy atom. The molecule has 1 fully saturated rings. The van der Waals surface area contributed by atoms with Gasteiger partial charge in [-0.15, -0.1) is 0 Å². The summed E-state index contributed by atoms with van der Waals surface area (Å²) < 4.78 is 19.2. The number of nitrogen functional groups attached to an aromatic ring is 1. The second kappa shape index (κ2) is 5.67. The Labute approximate surface area is 108 Å². The number of anilines is 1. The highest BCUT2D eigenvalue weighted by Crippen LogP contribution is 2.25. The highest BCUT2D eigenvalue weighted by molar-refractivity contribution is 5.42. The average molecular weight is 251 g/mol. The molecule has 2 N–H and O–H groups in total. The number of nitrogens with two attached hydrogens (primary N) is 1. The zero-order chi connectivity index (χ0) is 13.1. The Morgan fingerprint density at radius 1 is 1.50 bits per heavy atom. The molecule has 1 atom stereocenters. The van der Waals surface area contributed by atoms with Crippen LogP contribution in [0, 0.1) is 11.7 Å². The van der Waals surface area contributed by atoms with Crippen molar-refractivity contribution in [2.45, 2.75) is 20.0 Å². The normalized spacial score (nSPS) is 21.4. The summed E-state index contributed by atoms with van der Waals surface area (Å²) in [5.74, 6) is 1.01. The standard InChI is InChI=1S/C14H20FN2O/c1-10(2)8-17-5-6-18-14(9-17)11-3-4-13(16)12(15)7-11/h3-4,7,14H,5-6,8-9,16H2,1-2H3/t14-/m0/s1. The number of rotatable bonds is 3. The second-order valence-corrected chi connectivity index (χ2v) is 5.08. The lowest BCUT2D eigenvalue weighted by atomic mass is 10.1. The fraction of sp³-hybridized carbons (Fsp3) is 0.500. The Hall–Kier alpha value is -1.13. The minimum absolute atomic E-state index is 0.0619. The van der Waals surface area contributed by atoms with Gasteiger partial charge in [0.1, 0.15) is 5.82 Å². The minimum atomic E-state index is -0.369. The van der Waals surface area contributed by atoms with Crippen LogP contribution in [0.25, 0.3) is 0 Å². The first-order chi connectivity index (χ1) is 8.56. The maximum absolute atomic E-state index is 13.4. The van der Waals surface area contributed by atoms with Crippen LogP contribution in [-0.2, 0) is 4.74 Å². The predicted octanol–water partition coefficient (Wildman–Crippen LogP) is 2.40. The van der Waals surface area contributed by atoms with Crippen LogP contribution in [0.1, 0.15) is 25.5 Å². The van der Waals surface area contributed by atoms with E-state index in [1.165, 1.54) is 12.0 Å². The largest absolute Gasteiger partial charge is 0.396 e. The van der Waals surface area contributed by atoms with Gasteiger partial charge in [0.25, 0.3) is 0 Å². The van der Waals surface area contributed by atoms with E-state index >= 15 is 0 Å². The second-order valence-electron chi connectivity index (χ2n) is 5.08. The number of morpholine rings is 1. The summed E-state index contributed by atoms with van der Waals surface area (Å²) in [5, 5.41) is 0. The van der Waals surface area contributed by atoms with E-state index < -0.39 is 0 Å². The van der Waals surface area contributed by atoms with E-state index in [1.54, 1.807) is 6.07 Å². The first kappa shape index (κ1) is 13.3. The van der Waals surface area contributed by atoms with Crippen molar-refractivity contribution in [2.75, 3.05) is 32.0 Å². The molecule has 4 heteroatoms. The molecule has 18 heavy (non-hydrogen) atoms. The van der Waals surface area contributed by atoms with Gasteiger partial charge >= 0.3 is 0 Å². The van der Waals surface area contributed by atoms with Gasteiger partial charge in [-0.05, 0) is 23.6 Å². The molecule has 2 rings (SSSR count). The number of ether oxygens (including phenoxy) is 1. The third-order valence-corrected chi connectivity index (χ3v) is 3.09. The van der Waals surface area contributed by atoms with Crippen molar-refractivity contribution in [3.63, 3.8) is 0 Å². The lowest BCUT2D eigenvalue weighted by molar-refractivity contribution is -0.0284. The molecule has 0 aromatic heterocycles. The van der Waals surface area contributed by atoms with E-state index in [0.29, 0.717) is 6.61 Å². The van der Waals surface area contributed by atoms with Gasteiger partial charge in [0, 0.05) is 19.6 Å². The number of nitrogens with zero attached hydrogens (tertiary/aromatic N) is 1. The van der Waals surface area contributed by atoms with Gasteiger partial charge in [-0.2, -0.15) is 0 Å². The summed E-state index contributed by atoms with van der Waals surface area (Å²) in [7, 11) is 0. The highest BCUT2D eigenvalue weighted by atomic mass is 19.1. The molecule has 1 saturated heterocycles. The number of halogens is 1. The Balaban J connectivity index is 2.05. The van der Waals surface area contributed by atoms with Gasteiger partial charge in [-0.25, -0.2) is 4.39 Å². The molecule has 1 aliphatic heterocycles. The van der Waals surface area contributed by atoms with Crippen LogP contribution in [0.5, 0.6) is 0 Å². The monoisotopic (exact) mass is 251 g/mol. The molecule has 3 nitrogen and oxygen atoms in total. The number of hydrogen-bond acceptors (Lipinski definition) is 3. The van der Waals surface area contributed by atoms with Gasteiger partial charge in [0.15, 0.2) is 0 Å². The predicted molar refractivity (Wildman–Crippen MR) is 70.5 cm³/mol. The first-order valence-electron chi connectivity index (χ1n) is 6.24. The molecule has 1 heterocycles. The molecular formula is C14H20FN2O. The van der Waals surface area contributed by atoms with Crippen LogP contribution in [0.15, 0.2) is 18.2 Å². The SMILES string of the molecule is C[C](C)CN1CCO[C@H](c2ccc(N)c(F)c2)C1. The molecule has 99 valence electrons. The quantitative estimate of drug-likeness (QED) is 0.838. The highest BCUT2D eigenvalue weighted by Gasteiger charge is 2.22. The number of hydrogen-bond donors (Lipinski definition) is 1. The van der Waals surface area contributed by atoms with Gasteiger partial charge < -0.3 is 10.5 Å². The average Bonchev–Trinajstić information content (AvgIpc) is 2.32. The molecule has 1 radical (unpaired) electrons. The van der Waals surface area contributed by atoms with Crippen molar-refractivity contribution in [1.29, 1.82) is 0 Å². The maximum Gasteiger partial charge on any atom is 0.146 e. The van der Waals surface area contributed by atoms with Crippen molar-refractivity contribution >= 4 is 5.69 Å². The molecule has 0 spiro atoms. The van der Waals surface area contributed by atoms with Crippen LogP contribution in [0.3, 0.4) is 0 Å². The smallest absolute Gasteiger partial charge is 0.146 e. The van der Waals surface area contributed by atoms with Gasteiger partial charge in [0.05, 0.1) is 18.4 Å². The zero-order valence-electron chi connectivity index (χ0n) is 10.9. The third kappa shape index (κ3) is 3.21. The fourth-order valence-corrected chi connectivity index (χ4v) is 2.24. The first-order valence-corrected chi connectivity index (χ1v) is 6.24. The zero-order valence-corrected chi connectivity index (χ0v) is 10.9. The number of benzene rings is 1. The van der Waals surface area contributed by atoms with E-state index in [0.717, 1.165) is 25.2 Å². The van der Waals surface area contributed by atoms with Crippen molar-refractivity contribution in [1.82, 2.24) is 4.90 Å². The lowest BCUT2D eigenvalue weighted by Crippen LogP contribution is -2.39. The summed E-state index contributed by atoms with van der Waals surface area (Å²) in [5.41, 5.74) is 6.53. The Kier molecular flexibility index (Phi) is 4.19. The van der Waals surface area contributed by atoms with Crippen LogP contribution >= 0.6 is 0 Å². The summed E-state index contributed by atoms with van der Waals surface area (Å²) in [6.45, 7) is 7.62. The van der Waals surface area contributed by atoms with Crippen LogP contribution in [0.2, 0.25) is 0 Å². The van der Waals surface area contributed by atoms with Crippen LogP contribution in [-0.4, -0.2) is 31.1 Å². The molecule has 1 aliphatic rings.